The minimum atomic E-state index is -1.30. The van der Waals surface area contributed by atoms with Gasteiger partial charge in [-0.25, -0.2) is 0 Å². The van der Waals surface area contributed by atoms with Crippen molar-refractivity contribution in [2.45, 2.75) is 51.5 Å². The molecule has 4 aliphatic rings. The molecule has 1 spiro atoms. The highest BCUT2D eigenvalue weighted by molar-refractivity contribution is 6.06. The Morgan fingerprint density at radius 2 is 1.75 bits per heavy atom. The van der Waals surface area contributed by atoms with Crippen molar-refractivity contribution in [3.05, 3.63) is 53.6 Å². The van der Waals surface area contributed by atoms with E-state index in [0.29, 0.717) is 13.1 Å². The molecule has 1 unspecified atom stereocenters. The van der Waals surface area contributed by atoms with Gasteiger partial charge in [-0.3, -0.25) is 14.4 Å². The molecule has 2 saturated heterocycles. The normalized spacial score (nSPS) is 32.5. The number of rotatable bonds is 4. The number of carbonyl (C=O) groups excluding carboxylic acids is 3. The van der Waals surface area contributed by atoms with E-state index in [1.165, 1.54) is 4.90 Å². The lowest BCUT2D eigenvalue weighted by Gasteiger charge is -2.40. The highest BCUT2D eigenvalue weighted by atomic mass is 16.5. The van der Waals surface area contributed by atoms with E-state index in [1.54, 1.807) is 16.8 Å². The number of likely N-dealkylation sites (N-methyl/N-ethyl adjacent to an activating group) is 1. The Kier molecular flexibility index (Phi) is 6.08. The lowest BCUT2D eigenvalue weighted by atomic mass is 9.77. The summed E-state index contributed by atoms with van der Waals surface area (Å²) < 4.78 is 6.64. The van der Waals surface area contributed by atoms with Gasteiger partial charge in [-0.1, -0.05) is 56.4 Å². The van der Waals surface area contributed by atoms with Crippen LogP contribution in [0.3, 0.4) is 0 Å². The lowest BCUT2D eigenvalue weighted by molar-refractivity contribution is -0.147. The average molecular weight is 494 g/mol. The smallest absolute Gasteiger partial charge is 0.253 e. The Morgan fingerprint density at radius 1 is 1.06 bits per heavy atom. The molecule has 1 aromatic rings. The number of carbonyl (C=O) groups is 3. The topological polar surface area (TPSA) is 90.4 Å². The number of nitrogens with zero attached hydrogens (tertiary/aromatic N) is 3. The second kappa shape index (κ2) is 8.85. The van der Waals surface area contributed by atoms with E-state index >= 15 is 0 Å². The molecule has 4 heterocycles. The first-order chi connectivity index (χ1) is 17.1. The largest absolute Gasteiger partial charge is 0.394 e. The maximum Gasteiger partial charge on any atom is 0.253 e. The molecule has 4 aliphatic heterocycles. The van der Waals surface area contributed by atoms with Crippen LogP contribution in [0.5, 0.6) is 0 Å². The highest BCUT2D eigenvalue weighted by Gasteiger charge is 2.72. The van der Waals surface area contributed by atoms with Crippen molar-refractivity contribution in [1.29, 1.82) is 0 Å². The molecule has 0 aliphatic carbocycles. The van der Waals surface area contributed by atoms with Gasteiger partial charge in [0, 0.05) is 25.8 Å². The maximum absolute atomic E-state index is 14.5. The number of likely N-dealkylation sites (tertiary alicyclic amines) is 1. The molecule has 36 heavy (non-hydrogen) atoms. The van der Waals surface area contributed by atoms with Crippen LogP contribution in [0.15, 0.2) is 42.5 Å². The van der Waals surface area contributed by atoms with Crippen molar-refractivity contribution < 1.29 is 24.2 Å². The molecule has 6 atom stereocenters. The van der Waals surface area contributed by atoms with E-state index in [4.69, 9.17) is 4.74 Å². The van der Waals surface area contributed by atoms with Crippen LogP contribution in [0.25, 0.3) is 0 Å². The van der Waals surface area contributed by atoms with E-state index in [9.17, 15) is 19.5 Å². The van der Waals surface area contributed by atoms with Gasteiger partial charge in [-0.2, -0.15) is 0 Å². The molecule has 0 bridgehead atoms. The maximum atomic E-state index is 14.5. The third-order valence-electron chi connectivity index (χ3n) is 8.32. The summed E-state index contributed by atoms with van der Waals surface area (Å²) in [5.41, 5.74) is 1.43. The zero-order valence-electron chi connectivity index (χ0n) is 21.5. The van der Waals surface area contributed by atoms with Crippen molar-refractivity contribution >= 4 is 23.4 Å². The zero-order valence-corrected chi connectivity index (χ0v) is 21.5. The van der Waals surface area contributed by atoms with Crippen molar-refractivity contribution in [2.24, 2.45) is 17.8 Å². The predicted molar refractivity (Wildman–Crippen MR) is 135 cm³/mol. The van der Waals surface area contributed by atoms with Crippen LogP contribution in [-0.4, -0.2) is 83.2 Å². The molecule has 5 rings (SSSR count). The van der Waals surface area contributed by atoms with Crippen LogP contribution in [-0.2, 0) is 19.1 Å². The van der Waals surface area contributed by atoms with E-state index in [1.807, 2.05) is 70.2 Å². The zero-order chi connectivity index (χ0) is 25.9. The summed E-state index contributed by atoms with van der Waals surface area (Å²) in [7, 11) is 1.72. The monoisotopic (exact) mass is 493 g/mol. The number of hydrogen-bond donors (Lipinski definition) is 1. The number of aliphatic hydroxyl groups excluding tert-OH is 1. The van der Waals surface area contributed by atoms with E-state index < -0.39 is 35.6 Å². The Bertz CT molecular complexity index is 1140. The molecule has 1 aromatic carbocycles. The second-order valence-corrected chi connectivity index (χ2v) is 10.8. The van der Waals surface area contributed by atoms with E-state index in [-0.39, 0.29) is 30.2 Å². The van der Waals surface area contributed by atoms with Crippen molar-refractivity contribution in [3.8, 4) is 0 Å². The number of benzene rings is 1. The minimum absolute atomic E-state index is 0.105. The van der Waals surface area contributed by atoms with E-state index in [0.717, 1.165) is 16.8 Å². The fourth-order valence-corrected chi connectivity index (χ4v) is 6.61. The molecule has 8 heteroatoms. The van der Waals surface area contributed by atoms with Crippen molar-refractivity contribution in [2.75, 3.05) is 31.6 Å². The Labute approximate surface area is 212 Å². The SMILES string of the molecule is Cc1cccc(C)c1N1CC=C[C@]23O[C@H]4C=CCN(C)C(=O)[C@H]4[C@H]2C(=O)N([C@@H](CO)C(C)C)C3C1=O. The molecule has 0 radical (unpaired) electrons. The van der Waals surface area contributed by atoms with Crippen LogP contribution in [0.4, 0.5) is 5.69 Å². The third kappa shape index (κ3) is 3.38. The first-order valence-electron chi connectivity index (χ1n) is 12.7. The van der Waals surface area contributed by atoms with Gasteiger partial charge in [0.15, 0.2) is 0 Å². The summed E-state index contributed by atoms with van der Waals surface area (Å²) in [5.74, 6) is -2.41. The number of anilines is 1. The molecule has 1 N–H and O–H groups in total. The molecule has 192 valence electrons. The molecule has 3 amide bonds. The summed E-state index contributed by atoms with van der Waals surface area (Å²) in [6, 6.07) is 4.31. The number of hydrogen-bond acceptors (Lipinski definition) is 5. The van der Waals surface area contributed by atoms with Gasteiger partial charge >= 0.3 is 0 Å². The number of ether oxygens (including phenoxy) is 1. The van der Waals surface area contributed by atoms with Gasteiger partial charge < -0.3 is 24.5 Å². The van der Waals surface area contributed by atoms with Gasteiger partial charge in [0.25, 0.3) is 5.91 Å². The fourth-order valence-electron chi connectivity index (χ4n) is 6.61. The quantitative estimate of drug-likeness (QED) is 0.647. The number of fused-ring (bicyclic) bond motifs is 2. The minimum Gasteiger partial charge on any atom is -0.394 e. The van der Waals surface area contributed by atoms with Crippen LogP contribution >= 0.6 is 0 Å². The van der Waals surface area contributed by atoms with Crippen molar-refractivity contribution in [3.63, 3.8) is 0 Å². The van der Waals surface area contributed by atoms with Gasteiger partial charge in [0.2, 0.25) is 11.8 Å². The molecule has 2 fully saturated rings. The average Bonchev–Trinajstić information content (AvgIpc) is 3.15. The first kappa shape index (κ1) is 24.7. The first-order valence-corrected chi connectivity index (χ1v) is 12.7. The van der Waals surface area contributed by atoms with Crippen LogP contribution in [0.2, 0.25) is 0 Å². The number of para-hydroxylation sites is 1. The predicted octanol–water partition coefficient (Wildman–Crippen LogP) is 1.83. The highest BCUT2D eigenvalue weighted by Crippen LogP contribution is 2.54. The Hall–Kier alpha value is -2.97. The van der Waals surface area contributed by atoms with Crippen molar-refractivity contribution in [1.82, 2.24) is 9.80 Å². The fraction of sp³-hybridized carbons (Fsp3) is 0.536. The number of aryl methyl sites for hydroxylation is 2. The molecular formula is C28H35N3O5. The Morgan fingerprint density at radius 3 is 2.39 bits per heavy atom. The summed E-state index contributed by atoms with van der Waals surface area (Å²) in [6.07, 6.45) is 6.87. The Balaban J connectivity index is 1.69. The van der Waals surface area contributed by atoms with Crippen LogP contribution in [0, 0.1) is 31.6 Å². The van der Waals surface area contributed by atoms with Gasteiger partial charge in [-0.15, -0.1) is 0 Å². The summed E-state index contributed by atoms with van der Waals surface area (Å²) in [5, 5.41) is 10.4. The standard InChI is InChI=1S/C28H35N3O5/c1-16(2)19(15-32)31-24-27(35)30(23-17(3)9-6-10-18(23)4)14-8-12-28(24)22(26(31)34)21-20(36-28)11-7-13-29(5)25(21)33/h6-12,16,19-22,24,32H,13-15H2,1-5H3/t19-,20-,21+,22-,24?,28-/m0/s1. The van der Waals surface area contributed by atoms with Crippen LogP contribution in [0.1, 0.15) is 25.0 Å². The summed E-state index contributed by atoms with van der Waals surface area (Å²) in [4.78, 5) is 47.1. The lowest BCUT2D eigenvalue weighted by Crippen LogP contribution is -2.59. The summed E-state index contributed by atoms with van der Waals surface area (Å²) >= 11 is 0. The van der Waals surface area contributed by atoms with Gasteiger partial charge in [0.1, 0.15) is 11.6 Å². The second-order valence-electron chi connectivity index (χ2n) is 10.8. The molecule has 8 nitrogen and oxygen atoms in total. The van der Waals surface area contributed by atoms with Crippen LogP contribution < -0.4 is 4.90 Å². The molecular weight excluding hydrogens is 458 g/mol. The molecule has 0 aromatic heterocycles. The van der Waals surface area contributed by atoms with Gasteiger partial charge in [0.05, 0.1) is 30.6 Å². The van der Waals surface area contributed by atoms with E-state index in [2.05, 4.69) is 0 Å². The third-order valence-corrected chi connectivity index (χ3v) is 8.32. The van der Waals surface area contributed by atoms with Gasteiger partial charge in [-0.05, 0) is 30.9 Å². The molecule has 0 saturated carbocycles. The number of aliphatic hydroxyl groups is 1. The number of amides is 3. The summed E-state index contributed by atoms with van der Waals surface area (Å²) in [6.45, 7) is 8.26.